The number of hydrogen-bond donors (Lipinski definition) is 11. The third-order valence-corrected chi connectivity index (χ3v) is 17.1. The van der Waals surface area contributed by atoms with E-state index in [0.29, 0.717) is 48.2 Å². The Balaban J connectivity index is 1.03. The molecule has 0 saturated carbocycles. The van der Waals surface area contributed by atoms with E-state index in [4.69, 9.17) is 15.2 Å². The Morgan fingerprint density at radius 2 is 1.18 bits per heavy atom. The minimum Gasteiger partial charge on any atom is -0.489 e. The quantitative estimate of drug-likeness (QED) is 0.0274. The minimum absolute atomic E-state index is 0.0104. The summed E-state index contributed by atoms with van der Waals surface area (Å²) in [6.07, 6.45) is 3.36. The molecule has 2 fully saturated rings. The molecule has 5 aromatic carbocycles. The number of rotatable bonds is 34. The molecule has 24 heteroatoms. The smallest absolute Gasteiger partial charge is 0.250 e. The lowest BCUT2D eigenvalue weighted by molar-refractivity contribution is -0.148. The van der Waals surface area contributed by atoms with Crippen LogP contribution in [-0.4, -0.2) is 144 Å². The van der Waals surface area contributed by atoms with Gasteiger partial charge in [0.15, 0.2) is 0 Å². The van der Waals surface area contributed by atoms with E-state index >= 15 is 9.59 Å². The van der Waals surface area contributed by atoms with Gasteiger partial charge in [-0.15, -0.1) is 0 Å². The van der Waals surface area contributed by atoms with Crippen LogP contribution in [0.15, 0.2) is 146 Å². The van der Waals surface area contributed by atoms with E-state index in [2.05, 4.69) is 52.8 Å². The molecule has 10 amide bonds. The van der Waals surface area contributed by atoms with E-state index in [9.17, 15) is 38.4 Å². The van der Waals surface area contributed by atoms with Gasteiger partial charge in [-0.3, -0.25) is 47.9 Å². The van der Waals surface area contributed by atoms with Crippen molar-refractivity contribution in [3.05, 3.63) is 174 Å². The van der Waals surface area contributed by atoms with Crippen LogP contribution < -0.4 is 58.3 Å². The van der Waals surface area contributed by atoms with E-state index < -0.39 is 108 Å². The largest absolute Gasteiger partial charge is 0.489 e. The zero-order valence-electron chi connectivity index (χ0n) is 55.1. The Labute approximate surface area is 559 Å². The van der Waals surface area contributed by atoms with E-state index in [0.717, 1.165) is 22.0 Å². The van der Waals surface area contributed by atoms with Gasteiger partial charge < -0.3 is 72.9 Å². The molecule has 12 N–H and O–H groups in total. The van der Waals surface area contributed by atoms with Crippen LogP contribution in [0.2, 0.25) is 0 Å². The maximum atomic E-state index is 15.1. The highest BCUT2D eigenvalue weighted by Gasteiger charge is 2.52. The van der Waals surface area contributed by atoms with Gasteiger partial charge in [-0.25, -0.2) is 0 Å². The van der Waals surface area contributed by atoms with Crippen molar-refractivity contribution in [1.82, 2.24) is 57.7 Å². The molecule has 8 rings (SSSR count). The third-order valence-electron chi connectivity index (χ3n) is 17.1. The monoisotopic (exact) mass is 1310 g/mol. The summed E-state index contributed by atoms with van der Waals surface area (Å²) in [5.41, 5.74) is 8.92. The lowest BCUT2D eigenvalue weighted by atomic mass is 9.85. The van der Waals surface area contributed by atoms with Crippen LogP contribution in [0.4, 0.5) is 0 Å². The number of H-pyrrole nitrogens is 1. The molecule has 0 bridgehead atoms. The summed E-state index contributed by atoms with van der Waals surface area (Å²) in [7, 11) is 0. The molecule has 0 unspecified atom stereocenters. The molecule has 510 valence electrons. The first kappa shape index (κ1) is 71.9. The molecule has 9 atom stereocenters. The summed E-state index contributed by atoms with van der Waals surface area (Å²) in [6.45, 7) is 9.01. The van der Waals surface area contributed by atoms with E-state index in [1.165, 1.54) is 18.7 Å². The van der Waals surface area contributed by atoms with Gasteiger partial charge in [-0.1, -0.05) is 135 Å². The van der Waals surface area contributed by atoms with Crippen LogP contribution in [0, 0.1) is 5.92 Å². The van der Waals surface area contributed by atoms with E-state index in [1.54, 1.807) is 49.5 Å². The number of nitrogens with zero attached hydrogens (tertiary/aromatic N) is 1. The summed E-state index contributed by atoms with van der Waals surface area (Å²) in [5.74, 6) is -6.00. The first-order valence-corrected chi connectivity index (χ1v) is 33.0. The molecular weight excluding hydrogens is 1220 g/mol. The number of amides is 10. The molecule has 24 nitrogen and oxygen atoms in total. The predicted molar refractivity (Wildman–Crippen MR) is 361 cm³/mol. The van der Waals surface area contributed by atoms with Crippen molar-refractivity contribution in [2.24, 2.45) is 11.7 Å². The van der Waals surface area contributed by atoms with Gasteiger partial charge in [0, 0.05) is 49.5 Å². The highest BCUT2D eigenvalue weighted by molar-refractivity contribution is 6.00. The maximum Gasteiger partial charge on any atom is 0.250 e. The Morgan fingerprint density at radius 3 is 1.81 bits per heavy atom. The van der Waals surface area contributed by atoms with Gasteiger partial charge in [0.05, 0.1) is 13.2 Å². The lowest BCUT2D eigenvalue weighted by Crippen LogP contribution is -2.61. The number of para-hydroxylation sites is 1. The summed E-state index contributed by atoms with van der Waals surface area (Å²) in [4.78, 5) is 147. The number of hydrogen-bond acceptors (Lipinski definition) is 13. The van der Waals surface area contributed by atoms with E-state index in [1.807, 2.05) is 117 Å². The second kappa shape index (κ2) is 35.0. The minimum atomic E-state index is -1.52. The number of aromatic amines is 1. The topological polar surface area (TPSA) is 342 Å². The van der Waals surface area contributed by atoms with Crippen molar-refractivity contribution < 1.29 is 57.4 Å². The molecule has 0 spiro atoms. The fourth-order valence-corrected chi connectivity index (χ4v) is 11.9. The number of nitrogens with two attached hydrogens (primary N) is 1. The molecular formula is C72H90N12O12. The van der Waals surface area contributed by atoms with Crippen molar-refractivity contribution >= 4 is 70.0 Å². The number of fused-ring (bicyclic) bond motifs is 1. The average molecular weight is 1320 g/mol. The Morgan fingerprint density at radius 1 is 0.615 bits per heavy atom. The van der Waals surface area contributed by atoms with Crippen molar-refractivity contribution in [2.75, 3.05) is 26.2 Å². The number of likely N-dealkylation sites (tertiary alicyclic amines) is 1. The molecule has 0 radical (unpaired) electrons. The van der Waals surface area contributed by atoms with Gasteiger partial charge in [-0.05, 0) is 118 Å². The molecule has 6 aromatic rings. The maximum absolute atomic E-state index is 15.1. The van der Waals surface area contributed by atoms with Crippen LogP contribution in [0.3, 0.4) is 0 Å². The number of likely N-dealkylation sites (N-methyl/N-ethyl adjacent to an activating group) is 1. The Bertz CT molecular complexity index is 3630. The molecule has 2 saturated heterocycles. The summed E-state index contributed by atoms with van der Waals surface area (Å²) < 4.78 is 12.1. The Kier molecular flexibility index (Phi) is 26.2. The highest BCUT2D eigenvalue weighted by Crippen LogP contribution is 2.40. The number of aromatic nitrogens is 1. The zero-order chi connectivity index (χ0) is 68.7. The molecule has 3 heterocycles. The first-order chi connectivity index (χ1) is 46.3. The second-order valence-corrected chi connectivity index (χ2v) is 24.9. The summed E-state index contributed by atoms with van der Waals surface area (Å²) in [5, 5.41) is 25.7. The van der Waals surface area contributed by atoms with Crippen molar-refractivity contribution in [1.29, 1.82) is 0 Å². The number of carbonyl (C=O) groups is 10. The van der Waals surface area contributed by atoms with Crippen molar-refractivity contribution in [2.45, 2.75) is 159 Å². The van der Waals surface area contributed by atoms with Gasteiger partial charge in [0.1, 0.15) is 66.2 Å². The number of carbonyl (C=O) groups excluding carboxylic acids is 10. The fourth-order valence-electron chi connectivity index (χ4n) is 11.9. The zero-order valence-corrected chi connectivity index (χ0v) is 55.1. The van der Waals surface area contributed by atoms with Gasteiger partial charge in [0.25, 0.3) is 5.91 Å². The van der Waals surface area contributed by atoms with E-state index in [-0.39, 0.29) is 82.6 Å². The number of ether oxygens (including phenoxy) is 2. The van der Waals surface area contributed by atoms with Crippen molar-refractivity contribution in [3.8, 4) is 5.75 Å². The highest BCUT2D eigenvalue weighted by atomic mass is 16.5. The SMILES string of the molecule is CCNC(=O)[C@]1(c2ccccc2)CCCN1C(=O)[C@H](CCCN)NC(=O)[C@H](CC(C)C)NC(=O)[C@@H](C)NC(=O)[C@H](COCc1ccccc1)NC(=O)[C@H](Cc1ccc(OCc2ccccc2)cc1)NC(=O)[C@H](Cc1c[nH]c2ccccc12)NC(=O)[C@H](C)NC(=O)[C@@H]1CCC(=O)N1. The lowest BCUT2D eigenvalue weighted by Gasteiger charge is -2.39. The Hall–Kier alpha value is -9.94. The first-order valence-electron chi connectivity index (χ1n) is 33.0. The molecule has 0 aliphatic carbocycles. The molecule has 96 heavy (non-hydrogen) atoms. The van der Waals surface area contributed by atoms with Crippen LogP contribution in [0.25, 0.3) is 10.9 Å². The van der Waals surface area contributed by atoms with Crippen LogP contribution >= 0.6 is 0 Å². The molecule has 1 aromatic heterocycles. The number of nitrogens with one attached hydrogen (secondary N) is 10. The summed E-state index contributed by atoms with van der Waals surface area (Å²) >= 11 is 0. The number of benzene rings is 5. The standard InChI is InChI=1S/C72H90N12O12/c1-6-74-71(94)72(52-24-14-9-15-25-52)35-19-37-84(72)70(93)57(28-18-36-73)79-66(89)58(38-45(2)3)80-63(86)47(5)77-69(92)61(44-95-42-49-20-10-7-11-21-49)83-67(90)59(39-48-29-31-53(32-30-48)96-43-50-22-12-8-13-23-50)82-68(91)60(40-51-41-75-55-27-17-16-26-54(51)55)81-64(87)46(4)76-65(88)56-33-34-62(85)78-56/h7-17,20-27,29-32,41,45-47,56-61,75H,6,18-19,28,33-40,42-44,73H2,1-5H3,(H,74,94)(H,76,88)(H,77,92)(H,78,85)(H,79,89)(H,80,86)(H,81,87)(H,82,91)(H,83,90)/t46-,47+,56-,57-,58-,59-,60-,61-,72+/m0/s1. The fraction of sp³-hybridized carbons (Fsp3) is 0.417. The summed E-state index contributed by atoms with van der Waals surface area (Å²) in [6, 6.07) is 31.9. The van der Waals surface area contributed by atoms with Gasteiger partial charge in [0.2, 0.25) is 53.2 Å². The second-order valence-electron chi connectivity index (χ2n) is 24.9. The molecule has 2 aliphatic rings. The molecule has 2 aliphatic heterocycles. The third kappa shape index (κ3) is 19.6. The van der Waals surface area contributed by atoms with Crippen molar-refractivity contribution in [3.63, 3.8) is 0 Å². The van der Waals surface area contributed by atoms with Crippen LogP contribution in [0.5, 0.6) is 5.75 Å². The van der Waals surface area contributed by atoms with Crippen LogP contribution in [0.1, 0.15) is 107 Å². The predicted octanol–water partition coefficient (Wildman–Crippen LogP) is 3.90. The normalized spacial score (nSPS) is 17.3. The van der Waals surface area contributed by atoms with Gasteiger partial charge >= 0.3 is 0 Å². The van der Waals surface area contributed by atoms with Gasteiger partial charge in [-0.2, -0.15) is 0 Å². The van der Waals surface area contributed by atoms with Crippen LogP contribution in [-0.2, 0) is 84.3 Å². The average Bonchev–Trinajstić information content (AvgIpc) is 1.52.